The van der Waals surface area contributed by atoms with Crippen LogP contribution in [0.1, 0.15) is 52.0 Å². The Hall–Kier alpha value is -1.09. The molecular formula is C17H28N2O. The fraction of sp³-hybridized carbons (Fsp3) is 0.706. The molecule has 112 valence electrons. The van der Waals surface area contributed by atoms with Crippen LogP contribution in [0.2, 0.25) is 0 Å². The van der Waals surface area contributed by atoms with E-state index in [0.717, 1.165) is 30.6 Å². The molecule has 0 aliphatic heterocycles. The lowest BCUT2D eigenvalue weighted by atomic mass is 9.80. The molecule has 0 aromatic carbocycles. The first-order valence-corrected chi connectivity index (χ1v) is 7.99. The standard InChI is InChI=1S/C17H28N2O/c1-4-8-18-17-11-15(7-9-19-17)12-20-16-6-5-13(2)14(3)10-16/h7,9,11,13-14,16H,4-6,8,10,12H2,1-3H3,(H,18,19). The van der Waals surface area contributed by atoms with Crippen molar-refractivity contribution in [3.8, 4) is 0 Å². The van der Waals surface area contributed by atoms with Crippen molar-refractivity contribution >= 4 is 5.82 Å². The van der Waals surface area contributed by atoms with Crippen LogP contribution in [-0.4, -0.2) is 17.6 Å². The van der Waals surface area contributed by atoms with E-state index in [1.807, 2.05) is 12.3 Å². The van der Waals surface area contributed by atoms with E-state index in [1.54, 1.807) is 0 Å². The molecule has 3 nitrogen and oxygen atoms in total. The second kappa shape index (κ2) is 7.63. The molecule has 3 heteroatoms. The van der Waals surface area contributed by atoms with Gasteiger partial charge >= 0.3 is 0 Å². The largest absolute Gasteiger partial charge is 0.374 e. The van der Waals surface area contributed by atoms with Gasteiger partial charge in [-0.2, -0.15) is 0 Å². The van der Waals surface area contributed by atoms with Gasteiger partial charge in [-0.1, -0.05) is 20.8 Å². The van der Waals surface area contributed by atoms with E-state index in [1.165, 1.54) is 24.8 Å². The van der Waals surface area contributed by atoms with Crippen LogP contribution in [-0.2, 0) is 11.3 Å². The Labute approximate surface area is 123 Å². The van der Waals surface area contributed by atoms with E-state index in [0.29, 0.717) is 12.7 Å². The van der Waals surface area contributed by atoms with Crippen molar-refractivity contribution in [3.63, 3.8) is 0 Å². The molecule has 1 aliphatic carbocycles. The maximum Gasteiger partial charge on any atom is 0.126 e. The Balaban J connectivity index is 1.81. The Morgan fingerprint density at radius 2 is 2.15 bits per heavy atom. The van der Waals surface area contributed by atoms with Gasteiger partial charge in [0.15, 0.2) is 0 Å². The number of hydrogen-bond donors (Lipinski definition) is 1. The minimum absolute atomic E-state index is 0.432. The lowest BCUT2D eigenvalue weighted by Gasteiger charge is -2.32. The summed E-state index contributed by atoms with van der Waals surface area (Å²) in [4.78, 5) is 4.33. The number of nitrogens with zero attached hydrogens (tertiary/aromatic N) is 1. The zero-order valence-electron chi connectivity index (χ0n) is 13.1. The maximum absolute atomic E-state index is 6.09. The van der Waals surface area contributed by atoms with Gasteiger partial charge in [-0.3, -0.25) is 0 Å². The van der Waals surface area contributed by atoms with Crippen LogP contribution in [0.15, 0.2) is 18.3 Å². The summed E-state index contributed by atoms with van der Waals surface area (Å²) in [6, 6.07) is 4.15. The molecule has 1 saturated carbocycles. The number of anilines is 1. The molecule has 1 aliphatic rings. The zero-order valence-corrected chi connectivity index (χ0v) is 13.1. The number of hydrogen-bond acceptors (Lipinski definition) is 3. The van der Waals surface area contributed by atoms with E-state index >= 15 is 0 Å². The van der Waals surface area contributed by atoms with Crippen molar-refractivity contribution in [3.05, 3.63) is 23.9 Å². The van der Waals surface area contributed by atoms with Crippen LogP contribution in [0, 0.1) is 11.8 Å². The number of pyridine rings is 1. The lowest BCUT2D eigenvalue weighted by molar-refractivity contribution is -0.00745. The van der Waals surface area contributed by atoms with Crippen LogP contribution < -0.4 is 5.32 Å². The molecule has 1 N–H and O–H groups in total. The Morgan fingerprint density at radius 3 is 2.90 bits per heavy atom. The van der Waals surface area contributed by atoms with E-state index in [2.05, 4.69) is 37.1 Å². The highest BCUT2D eigenvalue weighted by atomic mass is 16.5. The van der Waals surface area contributed by atoms with Crippen molar-refractivity contribution in [1.29, 1.82) is 0 Å². The highest BCUT2D eigenvalue weighted by Gasteiger charge is 2.24. The van der Waals surface area contributed by atoms with Gasteiger partial charge in [-0.05, 0) is 55.2 Å². The van der Waals surface area contributed by atoms with Crippen molar-refractivity contribution in [2.24, 2.45) is 11.8 Å². The summed E-state index contributed by atoms with van der Waals surface area (Å²) in [6.45, 7) is 8.53. The highest BCUT2D eigenvalue weighted by molar-refractivity contribution is 5.37. The minimum Gasteiger partial charge on any atom is -0.374 e. The molecule has 20 heavy (non-hydrogen) atoms. The SMILES string of the molecule is CCCNc1cc(COC2CCC(C)C(C)C2)ccn1. The van der Waals surface area contributed by atoms with Crippen molar-refractivity contribution < 1.29 is 4.74 Å². The van der Waals surface area contributed by atoms with Gasteiger partial charge in [0.25, 0.3) is 0 Å². The quantitative estimate of drug-likeness (QED) is 0.843. The van der Waals surface area contributed by atoms with E-state index in [-0.39, 0.29) is 0 Å². The van der Waals surface area contributed by atoms with Gasteiger partial charge in [0.1, 0.15) is 5.82 Å². The maximum atomic E-state index is 6.09. The molecule has 1 fully saturated rings. The van der Waals surface area contributed by atoms with Crippen LogP contribution in [0.3, 0.4) is 0 Å². The first-order chi connectivity index (χ1) is 9.69. The molecule has 0 saturated heterocycles. The number of aromatic nitrogens is 1. The topological polar surface area (TPSA) is 34.1 Å². The third kappa shape index (κ3) is 4.48. The van der Waals surface area contributed by atoms with Gasteiger partial charge < -0.3 is 10.1 Å². The molecule has 1 aromatic rings. The Bertz CT molecular complexity index is 408. The summed E-state index contributed by atoms with van der Waals surface area (Å²) < 4.78 is 6.09. The molecule has 2 rings (SSSR count). The van der Waals surface area contributed by atoms with Gasteiger partial charge in [0, 0.05) is 12.7 Å². The molecule has 3 unspecified atom stereocenters. The summed E-state index contributed by atoms with van der Waals surface area (Å²) in [6.07, 6.45) is 7.11. The van der Waals surface area contributed by atoms with Crippen LogP contribution in [0.4, 0.5) is 5.82 Å². The first-order valence-electron chi connectivity index (χ1n) is 7.99. The smallest absolute Gasteiger partial charge is 0.126 e. The second-order valence-electron chi connectivity index (χ2n) is 6.18. The van der Waals surface area contributed by atoms with Gasteiger partial charge in [-0.25, -0.2) is 4.98 Å². The summed E-state index contributed by atoms with van der Waals surface area (Å²) in [7, 11) is 0. The molecule has 1 heterocycles. The van der Waals surface area contributed by atoms with Crippen LogP contribution in [0.5, 0.6) is 0 Å². The predicted octanol–water partition coefficient (Wildman–Crippen LogP) is 4.24. The molecular weight excluding hydrogens is 248 g/mol. The normalized spacial score (nSPS) is 26.4. The molecule has 0 spiro atoms. The Morgan fingerprint density at radius 1 is 1.30 bits per heavy atom. The molecule has 0 bridgehead atoms. The van der Waals surface area contributed by atoms with Crippen molar-refractivity contribution in [2.45, 2.75) is 59.2 Å². The fourth-order valence-corrected chi connectivity index (χ4v) is 2.78. The first kappa shape index (κ1) is 15.3. The van der Waals surface area contributed by atoms with Crippen molar-refractivity contribution in [2.75, 3.05) is 11.9 Å². The van der Waals surface area contributed by atoms with Crippen LogP contribution >= 0.6 is 0 Å². The Kier molecular flexibility index (Phi) is 5.84. The van der Waals surface area contributed by atoms with E-state index in [4.69, 9.17) is 4.74 Å². The highest BCUT2D eigenvalue weighted by Crippen LogP contribution is 2.31. The number of ether oxygens (including phenoxy) is 1. The lowest BCUT2D eigenvalue weighted by Crippen LogP contribution is -2.26. The average Bonchev–Trinajstić information content (AvgIpc) is 2.47. The van der Waals surface area contributed by atoms with E-state index < -0.39 is 0 Å². The second-order valence-corrected chi connectivity index (χ2v) is 6.18. The predicted molar refractivity (Wildman–Crippen MR) is 83.8 cm³/mol. The average molecular weight is 276 g/mol. The summed E-state index contributed by atoms with van der Waals surface area (Å²) in [5, 5.41) is 3.32. The minimum atomic E-state index is 0.432. The summed E-state index contributed by atoms with van der Waals surface area (Å²) >= 11 is 0. The van der Waals surface area contributed by atoms with Gasteiger partial charge in [0.05, 0.1) is 12.7 Å². The molecule has 3 atom stereocenters. The summed E-state index contributed by atoms with van der Waals surface area (Å²) in [5.74, 6) is 2.59. The summed E-state index contributed by atoms with van der Waals surface area (Å²) in [5.41, 5.74) is 1.21. The van der Waals surface area contributed by atoms with Crippen LogP contribution in [0.25, 0.3) is 0 Å². The molecule has 0 radical (unpaired) electrons. The fourth-order valence-electron chi connectivity index (χ4n) is 2.78. The monoisotopic (exact) mass is 276 g/mol. The van der Waals surface area contributed by atoms with Crippen molar-refractivity contribution in [1.82, 2.24) is 4.98 Å². The van der Waals surface area contributed by atoms with Gasteiger partial charge in [-0.15, -0.1) is 0 Å². The zero-order chi connectivity index (χ0) is 14.4. The number of rotatable bonds is 6. The molecule has 1 aromatic heterocycles. The third-order valence-electron chi connectivity index (χ3n) is 4.42. The number of nitrogens with one attached hydrogen (secondary N) is 1. The molecule has 0 amide bonds. The van der Waals surface area contributed by atoms with Gasteiger partial charge in [0.2, 0.25) is 0 Å². The third-order valence-corrected chi connectivity index (χ3v) is 4.42. The van der Waals surface area contributed by atoms with E-state index in [9.17, 15) is 0 Å².